The summed E-state index contributed by atoms with van der Waals surface area (Å²) < 4.78 is 10.2. The van der Waals surface area contributed by atoms with Crippen LogP contribution in [0.15, 0.2) is 41.1 Å². The van der Waals surface area contributed by atoms with E-state index in [0.29, 0.717) is 23.6 Å². The molecule has 1 aromatic carbocycles. The van der Waals surface area contributed by atoms with Crippen LogP contribution in [0.2, 0.25) is 0 Å². The zero-order valence-corrected chi connectivity index (χ0v) is 10.2. The van der Waals surface area contributed by atoms with Crippen LogP contribution < -0.4 is 10.1 Å². The zero-order valence-electron chi connectivity index (χ0n) is 10.2. The Morgan fingerprint density at radius 2 is 2.11 bits per heavy atom. The number of nitrogens with one attached hydrogen (secondary N) is 1. The average molecular weight is 262 g/mol. The van der Waals surface area contributed by atoms with Gasteiger partial charge in [-0.25, -0.2) is 0 Å². The van der Waals surface area contributed by atoms with Gasteiger partial charge in [0.1, 0.15) is 24.3 Å². The molecule has 0 fully saturated rings. The molecule has 1 amide bonds. The molecule has 6 nitrogen and oxygen atoms in total. The smallest absolute Gasteiger partial charge is 0.251 e. The van der Waals surface area contributed by atoms with E-state index in [1.807, 2.05) is 0 Å². The first-order chi connectivity index (χ1) is 9.29. The number of hydrogen-bond donors (Lipinski definition) is 2. The summed E-state index contributed by atoms with van der Waals surface area (Å²) in [6, 6.07) is 8.44. The number of carbonyl (C=O) groups excluding carboxylic acids is 1. The lowest BCUT2D eigenvalue weighted by molar-refractivity contribution is 0.0944. The van der Waals surface area contributed by atoms with Crippen molar-refractivity contribution in [3.8, 4) is 5.75 Å². The molecule has 0 spiro atoms. The second kappa shape index (κ2) is 6.55. The molecule has 0 saturated heterocycles. The normalized spacial score (nSPS) is 10.2. The molecule has 1 heterocycles. The molecule has 0 unspecified atom stereocenters. The standard InChI is InChI=1S/C13H14N2O4/c16-7-6-14-13(17)10-1-3-12(4-2-10)18-9-11-5-8-19-15-11/h1-5,8,16H,6-7,9H2,(H,14,17). The minimum absolute atomic E-state index is 0.0787. The zero-order chi connectivity index (χ0) is 13.5. The molecule has 100 valence electrons. The van der Waals surface area contributed by atoms with Crippen molar-refractivity contribution in [1.82, 2.24) is 10.5 Å². The topological polar surface area (TPSA) is 84.6 Å². The second-order valence-corrected chi connectivity index (χ2v) is 3.78. The van der Waals surface area contributed by atoms with E-state index < -0.39 is 0 Å². The van der Waals surface area contributed by atoms with Crippen LogP contribution in [-0.4, -0.2) is 29.3 Å². The minimum Gasteiger partial charge on any atom is -0.487 e. The predicted molar refractivity (Wildman–Crippen MR) is 66.7 cm³/mol. The van der Waals surface area contributed by atoms with Gasteiger partial charge in [-0.3, -0.25) is 4.79 Å². The van der Waals surface area contributed by atoms with Crippen molar-refractivity contribution in [2.24, 2.45) is 0 Å². The number of aromatic nitrogens is 1. The summed E-state index contributed by atoms with van der Waals surface area (Å²) in [7, 11) is 0. The number of aliphatic hydroxyl groups is 1. The fourth-order valence-electron chi connectivity index (χ4n) is 1.44. The van der Waals surface area contributed by atoms with Crippen LogP contribution in [0.1, 0.15) is 16.1 Å². The SMILES string of the molecule is O=C(NCCO)c1ccc(OCc2ccon2)cc1. The van der Waals surface area contributed by atoms with Gasteiger partial charge in [0, 0.05) is 18.2 Å². The quantitative estimate of drug-likeness (QED) is 0.810. The Kier molecular flexibility index (Phi) is 4.52. The summed E-state index contributed by atoms with van der Waals surface area (Å²) >= 11 is 0. The van der Waals surface area contributed by atoms with Crippen LogP contribution in [0.5, 0.6) is 5.75 Å². The molecular formula is C13H14N2O4. The van der Waals surface area contributed by atoms with Gasteiger partial charge in [-0.15, -0.1) is 0 Å². The molecule has 0 bridgehead atoms. The Labute approximate surface area is 110 Å². The van der Waals surface area contributed by atoms with E-state index in [1.165, 1.54) is 6.26 Å². The first-order valence-corrected chi connectivity index (χ1v) is 5.81. The maximum absolute atomic E-state index is 11.6. The molecular weight excluding hydrogens is 248 g/mol. The first-order valence-electron chi connectivity index (χ1n) is 5.81. The maximum atomic E-state index is 11.6. The highest BCUT2D eigenvalue weighted by molar-refractivity contribution is 5.94. The van der Waals surface area contributed by atoms with E-state index in [9.17, 15) is 4.79 Å². The predicted octanol–water partition coefficient (Wildman–Crippen LogP) is 0.976. The summed E-state index contributed by atoms with van der Waals surface area (Å²) in [4.78, 5) is 11.6. The van der Waals surface area contributed by atoms with Gasteiger partial charge in [-0.2, -0.15) is 0 Å². The van der Waals surface area contributed by atoms with E-state index in [4.69, 9.17) is 9.84 Å². The van der Waals surface area contributed by atoms with E-state index in [0.717, 1.165) is 0 Å². The molecule has 2 rings (SSSR count). The number of nitrogens with zero attached hydrogens (tertiary/aromatic N) is 1. The molecule has 0 atom stereocenters. The molecule has 0 radical (unpaired) electrons. The third-order valence-corrected chi connectivity index (χ3v) is 2.39. The number of carbonyl (C=O) groups is 1. The number of hydrogen-bond acceptors (Lipinski definition) is 5. The lowest BCUT2D eigenvalue weighted by Crippen LogP contribution is -2.26. The highest BCUT2D eigenvalue weighted by atomic mass is 16.5. The van der Waals surface area contributed by atoms with Crippen molar-refractivity contribution in [2.45, 2.75) is 6.61 Å². The Bertz CT molecular complexity index is 508. The van der Waals surface area contributed by atoms with E-state index in [2.05, 4.69) is 15.0 Å². The lowest BCUT2D eigenvalue weighted by Gasteiger charge is -2.06. The molecule has 0 saturated carbocycles. The summed E-state index contributed by atoms with van der Waals surface area (Å²) in [5.41, 5.74) is 1.21. The molecule has 0 aliphatic rings. The van der Waals surface area contributed by atoms with Crippen molar-refractivity contribution in [2.75, 3.05) is 13.2 Å². The summed E-state index contributed by atoms with van der Waals surface area (Å²) in [6.45, 7) is 0.473. The van der Waals surface area contributed by atoms with Crippen LogP contribution in [0, 0.1) is 0 Å². The van der Waals surface area contributed by atoms with E-state index >= 15 is 0 Å². The van der Waals surface area contributed by atoms with Gasteiger partial charge in [-0.1, -0.05) is 5.16 Å². The van der Waals surface area contributed by atoms with Crippen molar-refractivity contribution >= 4 is 5.91 Å². The van der Waals surface area contributed by atoms with Crippen LogP contribution >= 0.6 is 0 Å². The molecule has 0 aliphatic carbocycles. The Morgan fingerprint density at radius 1 is 1.32 bits per heavy atom. The van der Waals surface area contributed by atoms with Gasteiger partial charge in [0.15, 0.2) is 0 Å². The van der Waals surface area contributed by atoms with Gasteiger partial charge < -0.3 is 19.7 Å². The number of benzene rings is 1. The number of rotatable bonds is 6. The van der Waals surface area contributed by atoms with Crippen molar-refractivity contribution in [3.63, 3.8) is 0 Å². The van der Waals surface area contributed by atoms with Crippen molar-refractivity contribution < 1.29 is 19.2 Å². The third-order valence-electron chi connectivity index (χ3n) is 2.39. The molecule has 0 aliphatic heterocycles. The largest absolute Gasteiger partial charge is 0.487 e. The van der Waals surface area contributed by atoms with E-state index in [1.54, 1.807) is 30.3 Å². The Morgan fingerprint density at radius 3 is 2.74 bits per heavy atom. The van der Waals surface area contributed by atoms with Gasteiger partial charge in [0.05, 0.1) is 6.61 Å². The maximum Gasteiger partial charge on any atom is 0.251 e. The van der Waals surface area contributed by atoms with Gasteiger partial charge >= 0.3 is 0 Å². The monoisotopic (exact) mass is 262 g/mol. The van der Waals surface area contributed by atoms with E-state index in [-0.39, 0.29) is 19.1 Å². The van der Waals surface area contributed by atoms with Crippen LogP contribution in [0.25, 0.3) is 0 Å². The van der Waals surface area contributed by atoms with Gasteiger partial charge in [-0.05, 0) is 24.3 Å². The minimum atomic E-state index is -0.225. The van der Waals surface area contributed by atoms with Gasteiger partial charge in [0.2, 0.25) is 0 Å². The molecule has 2 N–H and O–H groups in total. The highest BCUT2D eigenvalue weighted by Crippen LogP contribution is 2.13. The molecule has 19 heavy (non-hydrogen) atoms. The summed E-state index contributed by atoms with van der Waals surface area (Å²) in [5.74, 6) is 0.416. The number of aliphatic hydroxyl groups excluding tert-OH is 1. The Hall–Kier alpha value is -2.34. The molecule has 1 aromatic heterocycles. The van der Waals surface area contributed by atoms with Crippen LogP contribution in [0.3, 0.4) is 0 Å². The van der Waals surface area contributed by atoms with Crippen LogP contribution in [-0.2, 0) is 6.61 Å². The molecule has 2 aromatic rings. The fraction of sp³-hybridized carbons (Fsp3) is 0.231. The number of ether oxygens (including phenoxy) is 1. The average Bonchev–Trinajstić information content (AvgIpc) is 2.96. The molecule has 6 heteroatoms. The lowest BCUT2D eigenvalue weighted by atomic mass is 10.2. The van der Waals surface area contributed by atoms with Gasteiger partial charge in [0.25, 0.3) is 5.91 Å². The Balaban J connectivity index is 1.89. The van der Waals surface area contributed by atoms with Crippen LogP contribution in [0.4, 0.5) is 0 Å². The fourth-order valence-corrected chi connectivity index (χ4v) is 1.44. The third kappa shape index (κ3) is 3.82. The van der Waals surface area contributed by atoms with Crippen molar-refractivity contribution in [3.05, 3.63) is 47.9 Å². The summed E-state index contributed by atoms with van der Waals surface area (Å²) in [5, 5.41) is 14.9. The summed E-state index contributed by atoms with van der Waals surface area (Å²) in [6.07, 6.45) is 1.48. The second-order valence-electron chi connectivity index (χ2n) is 3.78. The van der Waals surface area contributed by atoms with Crippen molar-refractivity contribution in [1.29, 1.82) is 0 Å². The highest BCUT2D eigenvalue weighted by Gasteiger charge is 2.05. The first kappa shape index (κ1) is 13.1. The number of amides is 1.